The third-order valence-electron chi connectivity index (χ3n) is 2.96. The van der Waals surface area contributed by atoms with E-state index in [1.54, 1.807) is 0 Å². The number of hydrogen-bond donors (Lipinski definition) is 0. The number of hydrogen-bond acceptors (Lipinski definition) is 1. The molecule has 19 heavy (non-hydrogen) atoms. The summed E-state index contributed by atoms with van der Waals surface area (Å²) >= 11 is 0. The molecule has 111 valence electrons. The zero-order chi connectivity index (χ0) is 12.7. The van der Waals surface area contributed by atoms with E-state index < -0.39 is 0 Å². The van der Waals surface area contributed by atoms with Crippen molar-refractivity contribution in [1.82, 2.24) is 0 Å². The second-order valence-electron chi connectivity index (χ2n) is 4.28. The zero-order valence-electron chi connectivity index (χ0n) is 12.4. The maximum atomic E-state index is 4.76. The van der Waals surface area contributed by atoms with Crippen LogP contribution in [0.2, 0.25) is 0 Å². The van der Waals surface area contributed by atoms with Crippen LogP contribution in [0.25, 0.3) is 0 Å². The summed E-state index contributed by atoms with van der Waals surface area (Å²) in [5, 5.41) is 0. The van der Waals surface area contributed by atoms with Crippen LogP contribution in [0.4, 0.5) is 5.69 Å². The summed E-state index contributed by atoms with van der Waals surface area (Å²) in [6.07, 6.45) is 5.62. The molecule has 1 atom stereocenters. The van der Waals surface area contributed by atoms with Crippen molar-refractivity contribution < 1.29 is 88.2 Å². The standard InChI is InChI=1S/C14H18N.C2H6.Pr.Yb/c1-3-12-6-4-5-7-14(12)15-13-9-8-11(2)10-13;1-2;;/h4-8,11H,3,9-10H2,1-2H3;1-2H3;;/q-1;;;. The summed E-state index contributed by atoms with van der Waals surface area (Å²) in [5.41, 5.74) is 3.85. The molecule has 3 heteroatoms. The Balaban J connectivity index is 0. The van der Waals surface area contributed by atoms with E-state index in [4.69, 9.17) is 4.99 Å². The molecule has 1 aromatic carbocycles. The number of benzene rings is 1. The normalized spacial score (nSPS) is 18.9. The fourth-order valence-electron chi connectivity index (χ4n) is 2.06. The van der Waals surface area contributed by atoms with Gasteiger partial charge in [-0.15, -0.1) is 6.42 Å². The SMILES string of the molecule is CC.CCc1ccccc1N=C1C[CH-]C(C)C1.[Pr].[Yb]. The molecule has 0 N–H and O–H groups in total. The molecule has 0 saturated heterocycles. The van der Waals surface area contributed by atoms with E-state index in [2.05, 4.69) is 44.5 Å². The molecule has 1 nitrogen and oxygen atoms in total. The molecule has 0 aliphatic heterocycles. The first-order chi connectivity index (χ1) is 8.29. The zero-order valence-corrected chi connectivity index (χ0v) is 17.8. The fourth-order valence-corrected chi connectivity index (χ4v) is 2.06. The molecular weight excluding hydrogens is 520 g/mol. The molecule has 1 aliphatic rings. The minimum absolute atomic E-state index is 0. The molecule has 0 heterocycles. The Bertz CT molecular complexity index is 377. The van der Waals surface area contributed by atoms with Gasteiger partial charge in [-0.25, -0.2) is 0 Å². The van der Waals surface area contributed by atoms with E-state index >= 15 is 0 Å². The van der Waals surface area contributed by atoms with Gasteiger partial charge in [0.25, 0.3) is 0 Å². The predicted octanol–water partition coefficient (Wildman–Crippen LogP) is 4.98. The first-order valence-electron chi connectivity index (χ1n) is 6.77. The van der Waals surface area contributed by atoms with E-state index in [1.807, 2.05) is 13.8 Å². The largest absolute Gasteiger partial charge is 0.320 e. The van der Waals surface area contributed by atoms with Gasteiger partial charge in [-0.3, -0.25) is 4.99 Å². The van der Waals surface area contributed by atoms with Gasteiger partial charge in [0.2, 0.25) is 0 Å². The topological polar surface area (TPSA) is 12.4 Å². The Kier molecular flexibility index (Phi) is 16.3. The Labute approximate surface area is 190 Å². The Morgan fingerprint density at radius 1 is 1.26 bits per heavy atom. The molecule has 0 spiro atoms. The predicted molar refractivity (Wildman–Crippen MR) is 77.0 cm³/mol. The maximum absolute atomic E-state index is 4.76. The number of nitrogens with zero attached hydrogens (tertiary/aromatic N) is 1. The van der Waals surface area contributed by atoms with Crippen LogP contribution in [0.15, 0.2) is 29.3 Å². The number of aliphatic imine (C=N–C) groups is 1. The van der Waals surface area contributed by atoms with Crippen molar-refractivity contribution in [2.75, 3.05) is 0 Å². The molecule has 1 radical (unpaired) electrons. The molecule has 0 amide bonds. The van der Waals surface area contributed by atoms with E-state index in [1.165, 1.54) is 11.3 Å². The van der Waals surface area contributed by atoms with Crippen molar-refractivity contribution in [2.45, 2.75) is 47.0 Å². The molecule has 1 unspecified atom stereocenters. The molecule has 0 bridgehead atoms. The monoisotopic (exact) mass is 545 g/mol. The summed E-state index contributed by atoms with van der Waals surface area (Å²) < 4.78 is 0. The van der Waals surface area contributed by atoms with Gasteiger partial charge in [0, 0.05) is 88.2 Å². The first kappa shape index (κ1) is 23.0. The molecule has 2 rings (SSSR count). The van der Waals surface area contributed by atoms with Crippen molar-refractivity contribution in [2.24, 2.45) is 10.9 Å². The van der Waals surface area contributed by atoms with E-state index in [-0.39, 0.29) is 88.2 Å². The van der Waals surface area contributed by atoms with Gasteiger partial charge in [-0.1, -0.05) is 45.9 Å². The Hall–Kier alpha value is 1.77. The Morgan fingerprint density at radius 3 is 2.42 bits per heavy atom. The molecule has 1 saturated carbocycles. The van der Waals surface area contributed by atoms with Gasteiger partial charge in [0.1, 0.15) is 0 Å². The van der Waals surface area contributed by atoms with Gasteiger partial charge in [-0.05, 0) is 30.2 Å². The van der Waals surface area contributed by atoms with Gasteiger partial charge < -0.3 is 6.42 Å². The minimum atomic E-state index is 0. The van der Waals surface area contributed by atoms with Crippen LogP contribution in [-0.4, -0.2) is 5.71 Å². The summed E-state index contributed by atoms with van der Waals surface area (Å²) in [6.45, 7) is 8.44. The van der Waals surface area contributed by atoms with Crippen molar-refractivity contribution in [1.29, 1.82) is 0 Å². The smallest absolute Gasteiger partial charge is 0.0659 e. The molecule has 1 aromatic rings. The van der Waals surface area contributed by atoms with E-state index in [9.17, 15) is 0 Å². The Morgan fingerprint density at radius 2 is 1.89 bits per heavy atom. The van der Waals surface area contributed by atoms with Crippen molar-refractivity contribution in [3.63, 3.8) is 0 Å². The van der Waals surface area contributed by atoms with Crippen LogP contribution in [0.3, 0.4) is 0 Å². The number of para-hydroxylation sites is 1. The van der Waals surface area contributed by atoms with Crippen LogP contribution in [0.5, 0.6) is 0 Å². The van der Waals surface area contributed by atoms with E-state index in [0.29, 0.717) is 5.92 Å². The number of aryl methyl sites for hydroxylation is 1. The summed E-state index contributed by atoms with van der Waals surface area (Å²) in [5.74, 6) is 0.706. The third-order valence-corrected chi connectivity index (χ3v) is 2.96. The minimum Gasteiger partial charge on any atom is -0.320 e. The molecule has 1 aliphatic carbocycles. The van der Waals surface area contributed by atoms with Crippen LogP contribution in [0, 0.1) is 101 Å². The summed E-state index contributed by atoms with van der Waals surface area (Å²) in [4.78, 5) is 4.76. The second kappa shape index (κ2) is 13.4. The van der Waals surface area contributed by atoms with Crippen LogP contribution < -0.4 is 0 Å². The molecule has 1 fully saturated rings. The van der Waals surface area contributed by atoms with Gasteiger partial charge in [0.15, 0.2) is 0 Å². The maximum Gasteiger partial charge on any atom is 0.0659 e. The van der Waals surface area contributed by atoms with E-state index in [0.717, 1.165) is 24.9 Å². The van der Waals surface area contributed by atoms with Crippen LogP contribution >= 0.6 is 0 Å². The quantitative estimate of drug-likeness (QED) is 0.466. The van der Waals surface area contributed by atoms with Crippen LogP contribution in [0.1, 0.15) is 46.1 Å². The average Bonchev–Trinajstić information content (AvgIpc) is 2.78. The fraction of sp³-hybridized carbons (Fsp3) is 0.500. The summed E-state index contributed by atoms with van der Waals surface area (Å²) in [7, 11) is 0. The van der Waals surface area contributed by atoms with Crippen molar-refractivity contribution in [3.05, 3.63) is 36.2 Å². The first-order valence-corrected chi connectivity index (χ1v) is 6.77. The van der Waals surface area contributed by atoms with Gasteiger partial charge in [-0.2, -0.15) is 5.92 Å². The molecular formula is C16H24NPrYb-. The van der Waals surface area contributed by atoms with Crippen LogP contribution in [-0.2, 0) is 6.42 Å². The van der Waals surface area contributed by atoms with Gasteiger partial charge in [0.05, 0.1) is 5.69 Å². The second-order valence-corrected chi connectivity index (χ2v) is 4.28. The van der Waals surface area contributed by atoms with Crippen molar-refractivity contribution >= 4 is 11.4 Å². The third kappa shape index (κ3) is 8.10. The summed E-state index contributed by atoms with van der Waals surface area (Å²) in [6, 6.07) is 8.45. The number of rotatable bonds is 2. The molecule has 0 aromatic heterocycles. The average molecular weight is 544 g/mol. The van der Waals surface area contributed by atoms with Gasteiger partial charge >= 0.3 is 0 Å². The van der Waals surface area contributed by atoms with Crippen molar-refractivity contribution in [3.8, 4) is 0 Å².